The lowest BCUT2D eigenvalue weighted by molar-refractivity contribution is 0.151. The highest BCUT2D eigenvalue weighted by Crippen LogP contribution is 2.21. The molecule has 1 N–H and O–H groups in total. The maximum absolute atomic E-state index is 11.3. The third-order valence-corrected chi connectivity index (χ3v) is 17.3. The fraction of sp³-hybridized carbons (Fsp3) is 0.500. The largest absolute Gasteiger partial charge is 0.450 e. The summed E-state index contributed by atoms with van der Waals surface area (Å²) < 4.78 is 5.84. The average molecular weight is 274 g/mol. The zero-order valence-electron chi connectivity index (χ0n) is 10.6. The molecule has 0 saturated carbocycles. The number of hydrogen-bond donors (Lipinski definition) is 1. The molecule has 6 heteroatoms. The molecular formula is C10H23NO2Si3. The van der Waals surface area contributed by atoms with E-state index in [2.05, 4.69) is 31.5 Å². The number of allylic oxidation sites excluding steroid dienone is 2. The lowest BCUT2D eigenvalue weighted by Gasteiger charge is -2.28. The van der Waals surface area contributed by atoms with Gasteiger partial charge >= 0.3 is 6.09 Å². The van der Waals surface area contributed by atoms with Crippen LogP contribution in [-0.4, -0.2) is 41.3 Å². The van der Waals surface area contributed by atoms with Gasteiger partial charge in [-0.3, -0.25) is 5.32 Å². The predicted octanol–water partition coefficient (Wildman–Crippen LogP) is 0.137. The van der Waals surface area contributed by atoms with Gasteiger partial charge in [0.1, 0.15) is 0 Å². The molecule has 1 amide bonds. The molecule has 92 valence electrons. The van der Waals surface area contributed by atoms with Crippen LogP contribution >= 0.6 is 0 Å². The van der Waals surface area contributed by atoms with E-state index in [0.29, 0.717) is 10.9 Å². The molecule has 0 rings (SSSR count). The van der Waals surface area contributed by atoms with Crippen LogP contribution in [0.5, 0.6) is 0 Å². The Balaban J connectivity index is 4.06. The fourth-order valence-electron chi connectivity index (χ4n) is 1.50. The number of rotatable bonds is 7. The van der Waals surface area contributed by atoms with Crippen molar-refractivity contribution in [3.8, 4) is 0 Å². The standard InChI is InChI=1S/C10H23NO2Si3/c1-5-6-7-11-9(12)13-8-10(14-2,15-3)16-4/h5-7H,1,8,14-16H2,2-4H3,(H,11,12). The Hall–Kier alpha value is -0.599. The Morgan fingerprint density at radius 1 is 1.38 bits per heavy atom. The van der Waals surface area contributed by atoms with Crippen LogP contribution < -0.4 is 5.32 Å². The van der Waals surface area contributed by atoms with Crippen LogP contribution in [0.1, 0.15) is 0 Å². The minimum atomic E-state index is -0.338. The van der Waals surface area contributed by atoms with Crippen LogP contribution in [0.3, 0.4) is 0 Å². The van der Waals surface area contributed by atoms with E-state index in [1.165, 1.54) is 0 Å². The molecule has 0 aliphatic rings. The molecule has 3 nitrogen and oxygen atoms in total. The van der Waals surface area contributed by atoms with Crippen LogP contribution in [0.2, 0.25) is 23.9 Å². The lowest BCUT2D eigenvalue weighted by atomic mass is 10.6. The second kappa shape index (κ2) is 8.54. The van der Waals surface area contributed by atoms with Gasteiger partial charge in [-0.1, -0.05) is 32.3 Å². The molecule has 0 unspecified atom stereocenters. The van der Waals surface area contributed by atoms with Crippen LogP contribution in [0.15, 0.2) is 24.9 Å². The summed E-state index contributed by atoms with van der Waals surface area (Å²) in [6, 6.07) is 0. The highest BCUT2D eigenvalue weighted by molar-refractivity contribution is 6.79. The molecule has 0 aromatic rings. The van der Waals surface area contributed by atoms with E-state index in [0.717, 1.165) is 0 Å². The maximum atomic E-state index is 11.3. The Morgan fingerprint density at radius 2 is 1.94 bits per heavy atom. The zero-order valence-corrected chi connectivity index (χ0v) is 14.8. The number of alkyl carbamates (subject to hydrolysis) is 1. The van der Waals surface area contributed by atoms with Crippen molar-refractivity contribution in [2.24, 2.45) is 0 Å². The second-order valence-corrected chi connectivity index (χ2v) is 13.5. The maximum Gasteiger partial charge on any atom is 0.411 e. The van der Waals surface area contributed by atoms with Crippen LogP contribution in [0.25, 0.3) is 0 Å². The molecule has 0 aliphatic heterocycles. The van der Waals surface area contributed by atoms with Gasteiger partial charge in [-0.25, -0.2) is 4.79 Å². The van der Waals surface area contributed by atoms with Crippen molar-refractivity contribution < 1.29 is 9.53 Å². The van der Waals surface area contributed by atoms with E-state index in [-0.39, 0.29) is 34.7 Å². The molecule has 0 heterocycles. The number of carbonyl (C=O) groups excluding carboxylic acids is 1. The number of hydrogen-bond acceptors (Lipinski definition) is 2. The van der Waals surface area contributed by atoms with E-state index >= 15 is 0 Å². The minimum absolute atomic E-state index is 0.0612. The summed E-state index contributed by atoms with van der Waals surface area (Å²) >= 11 is 0. The summed E-state index contributed by atoms with van der Waals surface area (Å²) in [4.78, 5) is 11.3. The van der Waals surface area contributed by atoms with Gasteiger partial charge in [-0.2, -0.15) is 0 Å². The first-order valence-corrected chi connectivity index (χ1v) is 12.2. The molecule has 0 aromatic heterocycles. The topological polar surface area (TPSA) is 38.3 Å². The van der Waals surface area contributed by atoms with Crippen molar-refractivity contribution in [1.29, 1.82) is 0 Å². The van der Waals surface area contributed by atoms with Gasteiger partial charge in [0.25, 0.3) is 0 Å². The first-order chi connectivity index (χ1) is 7.64. The smallest absolute Gasteiger partial charge is 0.411 e. The van der Waals surface area contributed by atoms with Crippen molar-refractivity contribution in [2.45, 2.75) is 23.9 Å². The third-order valence-electron chi connectivity index (χ3n) is 3.19. The molecule has 0 aromatic carbocycles. The van der Waals surface area contributed by atoms with Crippen LogP contribution in [0, 0.1) is 0 Å². The molecule has 0 spiro atoms. The van der Waals surface area contributed by atoms with Crippen molar-refractivity contribution in [2.75, 3.05) is 6.61 Å². The Morgan fingerprint density at radius 3 is 2.38 bits per heavy atom. The summed E-state index contributed by atoms with van der Waals surface area (Å²) in [5, 5.41) is 2.56. The number of amides is 1. The van der Waals surface area contributed by atoms with Crippen LogP contribution in [-0.2, 0) is 4.74 Å². The number of carbonyl (C=O) groups is 1. The van der Waals surface area contributed by atoms with E-state index in [1.807, 2.05) is 0 Å². The Labute approximate surface area is 105 Å². The van der Waals surface area contributed by atoms with Gasteiger partial charge in [-0.15, -0.1) is 0 Å². The summed E-state index contributed by atoms with van der Waals surface area (Å²) in [5.74, 6) is 0. The van der Waals surface area contributed by atoms with E-state index in [1.54, 1.807) is 18.4 Å². The normalized spacial score (nSPS) is 16.7. The van der Waals surface area contributed by atoms with E-state index in [4.69, 9.17) is 4.74 Å². The molecular weight excluding hydrogens is 250 g/mol. The quantitative estimate of drug-likeness (QED) is 0.529. The van der Waals surface area contributed by atoms with Gasteiger partial charge in [0.15, 0.2) is 0 Å². The highest BCUT2D eigenvalue weighted by Gasteiger charge is 2.26. The zero-order chi connectivity index (χ0) is 12.4. The van der Waals surface area contributed by atoms with Gasteiger partial charge in [-0.05, 0) is 10.4 Å². The fourth-order valence-corrected chi connectivity index (χ4v) is 8.42. The van der Waals surface area contributed by atoms with Crippen molar-refractivity contribution in [1.82, 2.24) is 5.32 Å². The molecule has 0 fully saturated rings. The summed E-state index contributed by atoms with van der Waals surface area (Å²) in [5.41, 5.74) is 0. The van der Waals surface area contributed by atoms with Gasteiger partial charge in [0.05, 0.1) is 6.61 Å². The van der Waals surface area contributed by atoms with Crippen molar-refractivity contribution >= 4 is 34.7 Å². The average Bonchev–Trinajstić information content (AvgIpc) is 2.32. The molecule has 0 radical (unpaired) electrons. The van der Waals surface area contributed by atoms with Crippen molar-refractivity contribution in [3.63, 3.8) is 0 Å². The predicted molar refractivity (Wildman–Crippen MR) is 79.7 cm³/mol. The van der Waals surface area contributed by atoms with Gasteiger partial charge in [0, 0.05) is 34.8 Å². The number of nitrogens with one attached hydrogen (secondary N) is 1. The lowest BCUT2D eigenvalue weighted by Crippen LogP contribution is -2.36. The molecule has 16 heavy (non-hydrogen) atoms. The SMILES string of the molecule is C=CC=CNC(=O)OCC([SiH2]C)([SiH2]C)[SiH2]C. The molecule has 0 aliphatic carbocycles. The first-order valence-electron chi connectivity index (χ1n) is 5.85. The Kier molecular flexibility index (Phi) is 8.22. The molecule has 0 saturated heterocycles. The van der Waals surface area contributed by atoms with E-state index in [9.17, 15) is 4.79 Å². The highest BCUT2D eigenvalue weighted by atomic mass is 28.3. The Bertz CT molecular complexity index is 244. The molecule has 0 bridgehead atoms. The van der Waals surface area contributed by atoms with Gasteiger partial charge in [0.2, 0.25) is 0 Å². The van der Waals surface area contributed by atoms with Crippen LogP contribution in [0.4, 0.5) is 4.79 Å². The van der Waals surface area contributed by atoms with E-state index < -0.39 is 0 Å². The van der Waals surface area contributed by atoms with Gasteiger partial charge < -0.3 is 4.74 Å². The minimum Gasteiger partial charge on any atom is -0.450 e. The summed E-state index contributed by atoms with van der Waals surface area (Å²) in [6.07, 6.45) is 4.50. The summed E-state index contributed by atoms with van der Waals surface area (Å²) in [7, 11) is -0.183. The summed E-state index contributed by atoms with van der Waals surface area (Å²) in [6.45, 7) is 11.2. The number of ether oxygens (including phenoxy) is 1. The third kappa shape index (κ3) is 5.47. The monoisotopic (exact) mass is 273 g/mol. The second-order valence-electron chi connectivity index (χ2n) is 3.88. The molecule has 0 atom stereocenters. The van der Waals surface area contributed by atoms with Crippen molar-refractivity contribution in [3.05, 3.63) is 24.9 Å². The first kappa shape index (κ1) is 15.4.